The number of hydrogen-bond acceptors (Lipinski definition) is 2. The van der Waals surface area contributed by atoms with Crippen LogP contribution >= 0.6 is 0 Å². The molecule has 1 heterocycles. The highest BCUT2D eigenvalue weighted by Gasteiger charge is 2.17. The van der Waals surface area contributed by atoms with E-state index in [-0.39, 0.29) is 5.78 Å². The topological polar surface area (TPSA) is 25.2 Å². The Labute approximate surface area is 127 Å². The van der Waals surface area contributed by atoms with Gasteiger partial charge in [0.05, 0.1) is 6.54 Å². The molecule has 0 aliphatic rings. The summed E-state index contributed by atoms with van der Waals surface area (Å²) < 4.78 is 2.07. The Morgan fingerprint density at radius 2 is 1.90 bits per heavy atom. The Kier molecular flexibility index (Phi) is 4.51. The van der Waals surface area contributed by atoms with E-state index in [0.29, 0.717) is 6.54 Å². The number of aromatic nitrogens is 1. The van der Waals surface area contributed by atoms with Crippen molar-refractivity contribution < 1.29 is 4.79 Å². The maximum atomic E-state index is 12.6. The lowest BCUT2D eigenvalue weighted by Gasteiger charge is -2.22. The van der Waals surface area contributed by atoms with Crippen molar-refractivity contribution in [3.63, 3.8) is 0 Å². The van der Waals surface area contributed by atoms with E-state index < -0.39 is 0 Å². The third-order valence-electron chi connectivity index (χ3n) is 4.16. The molecule has 1 aromatic carbocycles. The second kappa shape index (κ2) is 6.17. The van der Waals surface area contributed by atoms with Crippen LogP contribution in [0.4, 0.5) is 5.69 Å². The SMILES string of the molecule is CCN(CC(=O)c1cc(C)n(C)c1C)c1cccc(C)c1. The van der Waals surface area contributed by atoms with E-state index in [1.165, 1.54) is 5.56 Å². The second-order valence-corrected chi connectivity index (χ2v) is 5.62. The number of rotatable bonds is 5. The summed E-state index contributed by atoms with van der Waals surface area (Å²) in [5.74, 6) is 0.180. The first kappa shape index (κ1) is 15.4. The fourth-order valence-corrected chi connectivity index (χ4v) is 2.61. The van der Waals surface area contributed by atoms with Gasteiger partial charge in [-0.2, -0.15) is 0 Å². The van der Waals surface area contributed by atoms with Gasteiger partial charge in [-0.1, -0.05) is 12.1 Å². The molecule has 0 fully saturated rings. The smallest absolute Gasteiger partial charge is 0.183 e. The molecule has 0 unspecified atom stereocenters. The van der Waals surface area contributed by atoms with Gasteiger partial charge < -0.3 is 9.47 Å². The van der Waals surface area contributed by atoms with Crippen molar-refractivity contribution in [2.24, 2.45) is 7.05 Å². The van der Waals surface area contributed by atoms with Crippen LogP contribution in [0.5, 0.6) is 0 Å². The number of hydrogen-bond donors (Lipinski definition) is 0. The minimum atomic E-state index is 0.180. The molecule has 3 nitrogen and oxygen atoms in total. The number of nitrogens with zero attached hydrogens (tertiary/aromatic N) is 2. The summed E-state index contributed by atoms with van der Waals surface area (Å²) in [6, 6.07) is 10.3. The van der Waals surface area contributed by atoms with E-state index in [4.69, 9.17) is 0 Å². The molecule has 2 aromatic rings. The normalized spacial score (nSPS) is 10.7. The highest BCUT2D eigenvalue weighted by Crippen LogP contribution is 2.18. The van der Waals surface area contributed by atoms with E-state index in [1.54, 1.807) is 0 Å². The molecule has 0 saturated heterocycles. The first-order valence-electron chi connectivity index (χ1n) is 7.41. The minimum Gasteiger partial charge on any atom is -0.364 e. The molecule has 0 aliphatic heterocycles. The molecule has 0 radical (unpaired) electrons. The Bertz CT molecular complexity index is 655. The van der Waals surface area contributed by atoms with Crippen molar-refractivity contribution in [3.8, 4) is 0 Å². The summed E-state index contributed by atoms with van der Waals surface area (Å²) in [7, 11) is 2.00. The van der Waals surface area contributed by atoms with Gasteiger partial charge in [0, 0.05) is 36.2 Å². The highest BCUT2D eigenvalue weighted by atomic mass is 16.1. The van der Waals surface area contributed by atoms with Gasteiger partial charge in [-0.05, 0) is 51.5 Å². The van der Waals surface area contributed by atoms with E-state index in [2.05, 4.69) is 41.5 Å². The van der Waals surface area contributed by atoms with Crippen molar-refractivity contribution in [1.82, 2.24) is 4.57 Å². The van der Waals surface area contributed by atoms with Crippen LogP contribution in [0.15, 0.2) is 30.3 Å². The molecule has 0 atom stereocenters. The first-order chi connectivity index (χ1) is 9.93. The third kappa shape index (κ3) is 3.18. The van der Waals surface area contributed by atoms with Crippen molar-refractivity contribution >= 4 is 11.5 Å². The van der Waals surface area contributed by atoms with Crippen LogP contribution in [0.3, 0.4) is 0 Å². The van der Waals surface area contributed by atoms with E-state index >= 15 is 0 Å². The molecule has 0 spiro atoms. The standard InChI is InChI=1S/C18H24N2O/c1-6-20(16-9-7-8-13(2)10-16)12-18(21)17-11-14(3)19(5)15(17)4/h7-11H,6,12H2,1-5H3. The molecular weight excluding hydrogens is 260 g/mol. The maximum Gasteiger partial charge on any atom is 0.183 e. The minimum absolute atomic E-state index is 0.180. The van der Waals surface area contributed by atoms with Gasteiger partial charge in [0.25, 0.3) is 0 Å². The average molecular weight is 284 g/mol. The van der Waals surface area contributed by atoms with Gasteiger partial charge >= 0.3 is 0 Å². The summed E-state index contributed by atoms with van der Waals surface area (Å²) in [4.78, 5) is 14.7. The molecule has 0 amide bonds. The number of carbonyl (C=O) groups excluding carboxylic acids is 1. The summed E-state index contributed by atoms with van der Waals surface area (Å²) in [5, 5.41) is 0. The largest absolute Gasteiger partial charge is 0.364 e. The zero-order valence-electron chi connectivity index (χ0n) is 13.6. The van der Waals surface area contributed by atoms with Crippen molar-refractivity contribution in [3.05, 3.63) is 52.8 Å². The van der Waals surface area contributed by atoms with Crippen molar-refractivity contribution in [2.75, 3.05) is 18.0 Å². The second-order valence-electron chi connectivity index (χ2n) is 5.62. The lowest BCUT2D eigenvalue weighted by molar-refractivity contribution is 0.0998. The first-order valence-corrected chi connectivity index (χ1v) is 7.41. The number of likely N-dealkylation sites (N-methyl/N-ethyl adjacent to an activating group) is 1. The zero-order valence-corrected chi connectivity index (χ0v) is 13.6. The lowest BCUT2D eigenvalue weighted by Crippen LogP contribution is -2.29. The van der Waals surface area contributed by atoms with Gasteiger partial charge in [0.15, 0.2) is 5.78 Å². The highest BCUT2D eigenvalue weighted by molar-refractivity contribution is 6.00. The Hall–Kier alpha value is -2.03. The van der Waals surface area contributed by atoms with E-state index in [9.17, 15) is 4.79 Å². The number of benzene rings is 1. The number of ketones is 1. The molecule has 3 heteroatoms. The Morgan fingerprint density at radius 3 is 2.43 bits per heavy atom. The predicted octanol–water partition coefficient (Wildman–Crippen LogP) is 3.66. The molecule has 112 valence electrons. The van der Waals surface area contributed by atoms with Crippen LogP contribution in [0, 0.1) is 20.8 Å². The molecule has 2 rings (SSSR count). The molecule has 21 heavy (non-hydrogen) atoms. The summed E-state index contributed by atoms with van der Waals surface area (Å²) in [6.45, 7) is 9.43. The zero-order chi connectivity index (χ0) is 15.6. The molecule has 0 saturated carbocycles. The summed E-state index contributed by atoms with van der Waals surface area (Å²) >= 11 is 0. The van der Waals surface area contributed by atoms with Crippen LogP contribution in [-0.2, 0) is 7.05 Å². The number of Topliss-reactive ketones (excluding diaryl/α,β-unsaturated/α-hetero) is 1. The Morgan fingerprint density at radius 1 is 1.19 bits per heavy atom. The van der Waals surface area contributed by atoms with Crippen LogP contribution in [-0.4, -0.2) is 23.4 Å². The van der Waals surface area contributed by atoms with Crippen molar-refractivity contribution in [1.29, 1.82) is 0 Å². The van der Waals surface area contributed by atoms with Crippen molar-refractivity contribution in [2.45, 2.75) is 27.7 Å². The van der Waals surface area contributed by atoms with Gasteiger partial charge in [-0.25, -0.2) is 0 Å². The monoisotopic (exact) mass is 284 g/mol. The number of anilines is 1. The fourth-order valence-electron chi connectivity index (χ4n) is 2.61. The van der Waals surface area contributed by atoms with E-state index in [0.717, 1.165) is 29.2 Å². The van der Waals surface area contributed by atoms with Gasteiger partial charge in [-0.3, -0.25) is 4.79 Å². The molecule has 1 aromatic heterocycles. The molecule has 0 N–H and O–H groups in total. The quantitative estimate of drug-likeness (QED) is 0.783. The van der Waals surface area contributed by atoms with Crippen LogP contribution < -0.4 is 4.90 Å². The number of carbonyl (C=O) groups is 1. The van der Waals surface area contributed by atoms with Crippen LogP contribution in [0.1, 0.15) is 34.2 Å². The van der Waals surface area contributed by atoms with Gasteiger partial charge in [-0.15, -0.1) is 0 Å². The molecular formula is C18H24N2O. The predicted molar refractivity (Wildman–Crippen MR) is 88.3 cm³/mol. The van der Waals surface area contributed by atoms with E-state index in [1.807, 2.05) is 33.0 Å². The Balaban J connectivity index is 2.22. The van der Waals surface area contributed by atoms with Crippen LogP contribution in [0.25, 0.3) is 0 Å². The summed E-state index contributed by atoms with van der Waals surface area (Å²) in [5.41, 5.74) is 5.31. The average Bonchev–Trinajstić information content (AvgIpc) is 2.72. The lowest BCUT2D eigenvalue weighted by atomic mass is 10.1. The number of aryl methyl sites for hydroxylation is 2. The fraction of sp³-hybridized carbons (Fsp3) is 0.389. The third-order valence-corrected chi connectivity index (χ3v) is 4.16. The van der Waals surface area contributed by atoms with Gasteiger partial charge in [0.1, 0.15) is 0 Å². The summed E-state index contributed by atoms with van der Waals surface area (Å²) in [6.07, 6.45) is 0. The molecule has 0 bridgehead atoms. The van der Waals surface area contributed by atoms with Gasteiger partial charge in [0.2, 0.25) is 0 Å². The molecule has 0 aliphatic carbocycles. The van der Waals surface area contributed by atoms with Crippen LogP contribution in [0.2, 0.25) is 0 Å². The maximum absolute atomic E-state index is 12.6.